The average Bonchev–Trinajstić information content (AvgIpc) is 2.36. The van der Waals surface area contributed by atoms with Crippen molar-refractivity contribution in [3.05, 3.63) is 47.5 Å². The highest BCUT2D eigenvalue weighted by atomic mass is 16.4. The number of carboxylic acids is 1. The number of rotatable bonds is 2. The van der Waals surface area contributed by atoms with E-state index in [1.54, 1.807) is 18.2 Å². The first-order valence-corrected chi connectivity index (χ1v) is 5.12. The van der Waals surface area contributed by atoms with Crippen molar-refractivity contribution in [1.82, 2.24) is 5.32 Å². The molecule has 2 N–H and O–H groups in total. The van der Waals surface area contributed by atoms with Crippen LogP contribution >= 0.6 is 0 Å². The number of carboxylic acid groups (broad SMARTS) is 1. The molecule has 0 fully saturated rings. The van der Waals surface area contributed by atoms with Crippen molar-refractivity contribution in [2.24, 2.45) is 0 Å². The third kappa shape index (κ3) is 1.85. The Labute approximate surface area is 97.9 Å². The van der Waals surface area contributed by atoms with Crippen LogP contribution in [-0.2, 0) is 0 Å². The Morgan fingerprint density at radius 2 is 1.82 bits per heavy atom. The Hall–Kier alpha value is -2.36. The van der Waals surface area contributed by atoms with Crippen LogP contribution < -0.4 is 5.32 Å². The van der Waals surface area contributed by atoms with Gasteiger partial charge in [0.25, 0.3) is 5.91 Å². The van der Waals surface area contributed by atoms with Crippen LogP contribution in [0, 0.1) is 0 Å². The van der Waals surface area contributed by atoms with E-state index in [4.69, 9.17) is 0 Å². The van der Waals surface area contributed by atoms with Gasteiger partial charge in [0.1, 0.15) is 0 Å². The van der Waals surface area contributed by atoms with Gasteiger partial charge in [0, 0.05) is 7.05 Å². The standard InChI is InChI=1S/C13H11NO3/c1-14-12(15)10-7-6-8-4-2-3-5-9(8)11(10)13(16)17/h2-7H,1H3,(H,14,15)(H,16,17). The molecular formula is C13H11NO3. The quantitative estimate of drug-likeness (QED) is 0.826. The van der Waals surface area contributed by atoms with Gasteiger partial charge in [-0.2, -0.15) is 0 Å². The van der Waals surface area contributed by atoms with E-state index in [1.807, 2.05) is 12.1 Å². The Kier molecular flexibility index (Phi) is 2.78. The molecule has 1 amide bonds. The van der Waals surface area contributed by atoms with E-state index >= 15 is 0 Å². The molecule has 0 radical (unpaired) electrons. The van der Waals surface area contributed by atoms with Gasteiger partial charge in [-0.1, -0.05) is 30.3 Å². The maximum absolute atomic E-state index is 11.6. The normalized spacial score (nSPS) is 10.2. The molecule has 86 valence electrons. The number of carbonyl (C=O) groups is 2. The number of fused-ring (bicyclic) bond motifs is 1. The predicted molar refractivity (Wildman–Crippen MR) is 64.3 cm³/mol. The minimum absolute atomic E-state index is 0.0439. The first-order chi connectivity index (χ1) is 8.15. The molecule has 0 atom stereocenters. The second-order valence-corrected chi connectivity index (χ2v) is 3.59. The summed E-state index contributed by atoms with van der Waals surface area (Å²) in [7, 11) is 1.48. The molecule has 0 heterocycles. The number of hydrogen-bond donors (Lipinski definition) is 2. The Bertz CT molecular complexity index is 605. The van der Waals surface area contributed by atoms with Gasteiger partial charge in [0.15, 0.2) is 0 Å². The Morgan fingerprint density at radius 1 is 1.12 bits per heavy atom. The maximum Gasteiger partial charge on any atom is 0.337 e. The van der Waals surface area contributed by atoms with E-state index in [1.165, 1.54) is 13.1 Å². The lowest BCUT2D eigenvalue weighted by Gasteiger charge is -2.08. The topological polar surface area (TPSA) is 66.4 Å². The molecule has 2 rings (SSSR count). The van der Waals surface area contributed by atoms with Gasteiger partial charge in [-0.05, 0) is 16.8 Å². The van der Waals surface area contributed by atoms with Crippen LogP contribution in [0.4, 0.5) is 0 Å². The van der Waals surface area contributed by atoms with E-state index in [2.05, 4.69) is 5.32 Å². The van der Waals surface area contributed by atoms with Crippen molar-refractivity contribution in [2.45, 2.75) is 0 Å². The summed E-state index contributed by atoms with van der Waals surface area (Å²) < 4.78 is 0. The van der Waals surface area contributed by atoms with Crippen molar-refractivity contribution >= 4 is 22.6 Å². The second kappa shape index (κ2) is 4.25. The predicted octanol–water partition coefficient (Wildman–Crippen LogP) is 1.90. The molecule has 0 spiro atoms. The Balaban J connectivity index is 2.82. The SMILES string of the molecule is CNC(=O)c1ccc2ccccc2c1C(=O)O. The van der Waals surface area contributed by atoms with Crippen LogP contribution in [0.15, 0.2) is 36.4 Å². The number of nitrogens with one attached hydrogen (secondary N) is 1. The molecule has 0 aliphatic carbocycles. The summed E-state index contributed by atoms with van der Waals surface area (Å²) in [4.78, 5) is 22.9. The van der Waals surface area contributed by atoms with Gasteiger partial charge in [0.2, 0.25) is 0 Å². The first-order valence-electron chi connectivity index (χ1n) is 5.12. The molecule has 0 aromatic heterocycles. The molecule has 4 nitrogen and oxygen atoms in total. The van der Waals surface area contributed by atoms with Crippen molar-refractivity contribution < 1.29 is 14.7 Å². The van der Waals surface area contributed by atoms with Crippen LogP contribution in [0.1, 0.15) is 20.7 Å². The fraction of sp³-hybridized carbons (Fsp3) is 0.0769. The van der Waals surface area contributed by atoms with Gasteiger partial charge < -0.3 is 10.4 Å². The lowest BCUT2D eigenvalue weighted by molar-refractivity contribution is 0.0693. The summed E-state index contributed by atoms with van der Waals surface area (Å²) in [6.45, 7) is 0. The minimum atomic E-state index is -1.10. The van der Waals surface area contributed by atoms with Crippen molar-refractivity contribution in [3.8, 4) is 0 Å². The van der Waals surface area contributed by atoms with Crippen molar-refractivity contribution in [3.63, 3.8) is 0 Å². The number of carbonyl (C=O) groups excluding carboxylic acids is 1. The highest BCUT2D eigenvalue weighted by molar-refractivity contribution is 6.13. The van der Waals surface area contributed by atoms with Crippen LogP contribution in [-0.4, -0.2) is 24.0 Å². The molecular weight excluding hydrogens is 218 g/mol. The summed E-state index contributed by atoms with van der Waals surface area (Å²) >= 11 is 0. The molecule has 0 unspecified atom stereocenters. The van der Waals surface area contributed by atoms with Gasteiger partial charge >= 0.3 is 5.97 Å². The first kappa shape index (κ1) is 11.1. The zero-order chi connectivity index (χ0) is 12.4. The number of hydrogen-bond acceptors (Lipinski definition) is 2. The Morgan fingerprint density at radius 3 is 2.47 bits per heavy atom. The second-order valence-electron chi connectivity index (χ2n) is 3.59. The van der Waals surface area contributed by atoms with E-state index < -0.39 is 11.9 Å². The number of amides is 1. The summed E-state index contributed by atoms with van der Waals surface area (Å²) in [5.41, 5.74) is 0.223. The zero-order valence-corrected chi connectivity index (χ0v) is 9.23. The van der Waals surface area contributed by atoms with Crippen molar-refractivity contribution in [1.29, 1.82) is 0 Å². The summed E-state index contributed by atoms with van der Waals surface area (Å²) in [5, 5.41) is 13.0. The third-order valence-corrected chi connectivity index (χ3v) is 2.61. The fourth-order valence-corrected chi connectivity index (χ4v) is 1.83. The molecule has 2 aromatic rings. The maximum atomic E-state index is 11.6. The van der Waals surface area contributed by atoms with E-state index in [9.17, 15) is 14.7 Å². The van der Waals surface area contributed by atoms with Crippen LogP contribution in [0.2, 0.25) is 0 Å². The molecule has 0 saturated heterocycles. The van der Waals surface area contributed by atoms with Gasteiger partial charge in [0.05, 0.1) is 11.1 Å². The minimum Gasteiger partial charge on any atom is -0.478 e. The van der Waals surface area contributed by atoms with Crippen molar-refractivity contribution in [2.75, 3.05) is 7.05 Å². The number of aromatic carboxylic acids is 1. The summed E-state index contributed by atoms with van der Waals surface area (Å²) in [6.07, 6.45) is 0. The molecule has 0 saturated carbocycles. The number of benzene rings is 2. The lowest BCUT2D eigenvalue weighted by atomic mass is 9.98. The van der Waals surface area contributed by atoms with Crippen LogP contribution in [0.5, 0.6) is 0 Å². The molecule has 2 aromatic carbocycles. The monoisotopic (exact) mass is 229 g/mol. The summed E-state index contributed by atoms with van der Waals surface area (Å²) in [6, 6.07) is 10.4. The highest BCUT2D eigenvalue weighted by Gasteiger charge is 2.18. The molecule has 4 heteroatoms. The van der Waals surface area contributed by atoms with E-state index in [0.29, 0.717) is 5.39 Å². The smallest absolute Gasteiger partial charge is 0.337 e. The fourth-order valence-electron chi connectivity index (χ4n) is 1.83. The molecule has 0 aliphatic rings. The van der Waals surface area contributed by atoms with Gasteiger partial charge in [-0.25, -0.2) is 4.79 Å². The van der Waals surface area contributed by atoms with Gasteiger partial charge in [-0.15, -0.1) is 0 Å². The largest absolute Gasteiger partial charge is 0.478 e. The van der Waals surface area contributed by atoms with Gasteiger partial charge in [-0.3, -0.25) is 4.79 Å². The van der Waals surface area contributed by atoms with E-state index in [-0.39, 0.29) is 11.1 Å². The lowest BCUT2D eigenvalue weighted by Crippen LogP contribution is -2.21. The van der Waals surface area contributed by atoms with Crippen LogP contribution in [0.3, 0.4) is 0 Å². The van der Waals surface area contributed by atoms with E-state index in [0.717, 1.165) is 5.39 Å². The van der Waals surface area contributed by atoms with Crippen LogP contribution in [0.25, 0.3) is 10.8 Å². The zero-order valence-electron chi connectivity index (χ0n) is 9.23. The summed E-state index contributed by atoms with van der Waals surface area (Å²) in [5.74, 6) is -1.49. The third-order valence-electron chi connectivity index (χ3n) is 2.61. The molecule has 0 bridgehead atoms. The average molecular weight is 229 g/mol. The molecule has 17 heavy (non-hydrogen) atoms. The highest BCUT2D eigenvalue weighted by Crippen LogP contribution is 2.22. The molecule has 0 aliphatic heterocycles.